The second kappa shape index (κ2) is 13.6. The molecule has 0 atom stereocenters. The summed E-state index contributed by atoms with van der Waals surface area (Å²) in [6, 6.07) is 0. The third-order valence-electron chi connectivity index (χ3n) is 11.4. The number of hydrogen-bond acceptors (Lipinski definition) is 4. The zero-order valence-corrected chi connectivity index (χ0v) is 23.5. The standard InChI is InChI=1S/C31H56O4/c1-32-27-13-5-23(6-14-27)21-22-31(24-7-15-28(33-2)16-8-24,25-9-17-29(34-3)18-10-25)26-11-19-30(35-4)20-12-26/h23-30H,5-22H2,1-4H3. The van der Waals surface area contributed by atoms with Gasteiger partial charge in [-0.2, -0.15) is 0 Å². The predicted octanol–water partition coefficient (Wildman–Crippen LogP) is 7.57. The Hall–Kier alpha value is -0.160. The molecule has 4 aliphatic carbocycles. The van der Waals surface area contributed by atoms with Gasteiger partial charge in [-0.05, 0) is 145 Å². The first-order valence-corrected chi connectivity index (χ1v) is 15.2. The number of methoxy groups -OCH3 is 4. The van der Waals surface area contributed by atoms with Crippen molar-refractivity contribution in [1.82, 2.24) is 0 Å². The first-order valence-electron chi connectivity index (χ1n) is 15.2. The van der Waals surface area contributed by atoms with E-state index in [0.29, 0.717) is 29.8 Å². The molecule has 0 radical (unpaired) electrons. The van der Waals surface area contributed by atoms with Crippen molar-refractivity contribution < 1.29 is 18.9 Å². The zero-order chi connectivity index (χ0) is 24.7. The van der Waals surface area contributed by atoms with Crippen LogP contribution in [-0.2, 0) is 18.9 Å². The fourth-order valence-electron chi connectivity index (χ4n) is 9.23. The summed E-state index contributed by atoms with van der Waals surface area (Å²) in [6.07, 6.45) is 26.0. The molecular formula is C31H56O4. The molecule has 0 heterocycles. The smallest absolute Gasteiger partial charge is 0.0571 e. The molecule has 0 aromatic rings. The van der Waals surface area contributed by atoms with Gasteiger partial charge in [0.15, 0.2) is 0 Å². The van der Waals surface area contributed by atoms with Crippen LogP contribution in [0.4, 0.5) is 0 Å². The lowest BCUT2D eigenvalue weighted by atomic mass is 9.49. The molecule has 4 fully saturated rings. The first-order chi connectivity index (χ1) is 17.1. The fraction of sp³-hybridized carbons (Fsp3) is 1.00. The van der Waals surface area contributed by atoms with Crippen LogP contribution in [0.5, 0.6) is 0 Å². The van der Waals surface area contributed by atoms with Gasteiger partial charge in [0.1, 0.15) is 0 Å². The molecule has 0 aromatic heterocycles. The maximum atomic E-state index is 5.83. The van der Waals surface area contributed by atoms with E-state index in [-0.39, 0.29) is 0 Å². The maximum Gasteiger partial charge on any atom is 0.0571 e. The molecule has 0 saturated heterocycles. The van der Waals surface area contributed by atoms with Crippen molar-refractivity contribution >= 4 is 0 Å². The number of hydrogen-bond donors (Lipinski definition) is 0. The fourth-order valence-corrected chi connectivity index (χ4v) is 9.23. The van der Waals surface area contributed by atoms with E-state index in [1.165, 1.54) is 116 Å². The van der Waals surface area contributed by atoms with E-state index in [1.54, 1.807) is 0 Å². The molecule has 35 heavy (non-hydrogen) atoms. The summed E-state index contributed by atoms with van der Waals surface area (Å²) < 4.78 is 23.2. The van der Waals surface area contributed by atoms with E-state index < -0.39 is 0 Å². The Morgan fingerprint density at radius 2 is 0.714 bits per heavy atom. The van der Waals surface area contributed by atoms with Crippen molar-refractivity contribution in [2.75, 3.05) is 28.4 Å². The van der Waals surface area contributed by atoms with Gasteiger partial charge in [-0.3, -0.25) is 0 Å². The number of rotatable bonds is 10. The van der Waals surface area contributed by atoms with Gasteiger partial charge in [-0.15, -0.1) is 0 Å². The van der Waals surface area contributed by atoms with Gasteiger partial charge in [-0.1, -0.05) is 0 Å². The van der Waals surface area contributed by atoms with Crippen LogP contribution in [0.1, 0.15) is 116 Å². The minimum absolute atomic E-state index is 0.488. The normalized spacial score (nSPS) is 40.8. The van der Waals surface area contributed by atoms with Gasteiger partial charge in [0.05, 0.1) is 24.4 Å². The van der Waals surface area contributed by atoms with Crippen LogP contribution in [0.2, 0.25) is 0 Å². The van der Waals surface area contributed by atoms with Gasteiger partial charge in [-0.25, -0.2) is 0 Å². The summed E-state index contributed by atoms with van der Waals surface area (Å²) >= 11 is 0. The van der Waals surface area contributed by atoms with Crippen molar-refractivity contribution in [3.8, 4) is 0 Å². The summed E-state index contributed by atoms with van der Waals surface area (Å²) in [5.41, 5.74) is 0.508. The van der Waals surface area contributed by atoms with E-state index in [0.717, 1.165) is 23.7 Å². The third-order valence-corrected chi connectivity index (χ3v) is 11.4. The van der Waals surface area contributed by atoms with Crippen LogP contribution < -0.4 is 0 Å². The second-order valence-corrected chi connectivity index (χ2v) is 12.7. The van der Waals surface area contributed by atoms with Crippen LogP contribution in [-0.4, -0.2) is 52.9 Å². The number of ether oxygens (including phenoxy) is 4. The van der Waals surface area contributed by atoms with E-state index in [2.05, 4.69) is 0 Å². The van der Waals surface area contributed by atoms with E-state index >= 15 is 0 Å². The maximum absolute atomic E-state index is 5.83. The zero-order valence-electron chi connectivity index (χ0n) is 23.5. The molecule has 204 valence electrons. The van der Waals surface area contributed by atoms with E-state index in [4.69, 9.17) is 18.9 Å². The van der Waals surface area contributed by atoms with Crippen LogP contribution in [0.3, 0.4) is 0 Å². The van der Waals surface area contributed by atoms with Crippen molar-refractivity contribution in [2.24, 2.45) is 29.1 Å². The average molecular weight is 493 g/mol. The average Bonchev–Trinajstić information content (AvgIpc) is 2.94. The highest BCUT2D eigenvalue weighted by Gasteiger charge is 2.52. The lowest BCUT2D eigenvalue weighted by Crippen LogP contribution is -2.49. The van der Waals surface area contributed by atoms with Gasteiger partial charge in [0.2, 0.25) is 0 Å². The summed E-state index contributed by atoms with van der Waals surface area (Å²) in [7, 11) is 7.67. The van der Waals surface area contributed by atoms with Crippen LogP contribution in [0.25, 0.3) is 0 Å². The lowest BCUT2D eigenvalue weighted by molar-refractivity contribution is -0.0967. The Kier molecular flexibility index (Phi) is 10.8. The van der Waals surface area contributed by atoms with Gasteiger partial charge < -0.3 is 18.9 Å². The lowest BCUT2D eigenvalue weighted by Gasteiger charge is -2.57. The Balaban J connectivity index is 1.56. The van der Waals surface area contributed by atoms with Crippen molar-refractivity contribution in [1.29, 1.82) is 0 Å². The molecule has 4 heteroatoms. The van der Waals surface area contributed by atoms with Gasteiger partial charge in [0, 0.05) is 28.4 Å². The molecule has 0 spiro atoms. The highest BCUT2D eigenvalue weighted by Crippen LogP contribution is 2.60. The van der Waals surface area contributed by atoms with E-state index in [1.807, 2.05) is 28.4 Å². The molecule has 0 bridgehead atoms. The summed E-state index contributed by atoms with van der Waals surface area (Å²) in [6.45, 7) is 0. The second-order valence-electron chi connectivity index (χ2n) is 12.7. The highest BCUT2D eigenvalue weighted by atomic mass is 16.5. The molecule has 4 saturated carbocycles. The summed E-state index contributed by atoms with van der Waals surface area (Å²) in [4.78, 5) is 0. The molecular weight excluding hydrogens is 436 g/mol. The van der Waals surface area contributed by atoms with Crippen LogP contribution in [0.15, 0.2) is 0 Å². The van der Waals surface area contributed by atoms with Crippen molar-refractivity contribution in [3.63, 3.8) is 0 Å². The topological polar surface area (TPSA) is 36.9 Å². The molecule has 4 aliphatic rings. The Morgan fingerprint density at radius 1 is 0.429 bits per heavy atom. The molecule has 4 rings (SSSR count). The van der Waals surface area contributed by atoms with Crippen LogP contribution in [0, 0.1) is 29.1 Å². The van der Waals surface area contributed by atoms with E-state index in [9.17, 15) is 0 Å². The monoisotopic (exact) mass is 492 g/mol. The first kappa shape index (κ1) is 27.9. The molecule has 0 N–H and O–H groups in total. The SMILES string of the molecule is COC1CCC(CCC(C2CCC(OC)CC2)(C2CCC(OC)CC2)C2CCC(OC)CC2)CC1. The van der Waals surface area contributed by atoms with Gasteiger partial charge >= 0.3 is 0 Å². The van der Waals surface area contributed by atoms with Crippen molar-refractivity contribution in [2.45, 2.75) is 140 Å². The van der Waals surface area contributed by atoms with Crippen LogP contribution >= 0.6 is 0 Å². The molecule has 0 unspecified atom stereocenters. The Bertz CT molecular complexity index is 517. The summed E-state index contributed by atoms with van der Waals surface area (Å²) in [5.74, 6) is 3.52. The van der Waals surface area contributed by atoms with Gasteiger partial charge in [0.25, 0.3) is 0 Å². The summed E-state index contributed by atoms with van der Waals surface area (Å²) in [5, 5.41) is 0. The molecule has 0 aromatic carbocycles. The minimum atomic E-state index is 0.488. The molecule has 0 amide bonds. The Labute approximate surface area is 216 Å². The largest absolute Gasteiger partial charge is 0.381 e. The molecule has 0 aliphatic heterocycles. The van der Waals surface area contributed by atoms with Crippen molar-refractivity contribution in [3.05, 3.63) is 0 Å². The Morgan fingerprint density at radius 3 is 1.00 bits per heavy atom. The third kappa shape index (κ3) is 6.65. The predicted molar refractivity (Wildman–Crippen MR) is 143 cm³/mol. The minimum Gasteiger partial charge on any atom is -0.381 e. The quantitative estimate of drug-likeness (QED) is 0.315. The molecule has 4 nitrogen and oxygen atoms in total. The highest BCUT2D eigenvalue weighted by molar-refractivity contribution is 5.01.